The van der Waals surface area contributed by atoms with E-state index in [4.69, 9.17) is 0 Å². The number of anilines is 1. The van der Waals surface area contributed by atoms with Gasteiger partial charge in [0.1, 0.15) is 0 Å². The van der Waals surface area contributed by atoms with E-state index in [0.717, 1.165) is 10.5 Å². The van der Waals surface area contributed by atoms with E-state index in [1.807, 2.05) is 30.3 Å². The lowest BCUT2D eigenvalue weighted by Gasteiger charge is -2.25. The van der Waals surface area contributed by atoms with Gasteiger partial charge in [-0.3, -0.25) is 9.59 Å². The van der Waals surface area contributed by atoms with Gasteiger partial charge >= 0.3 is 0 Å². The number of hydrogen-bond acceptors (Lipinski definition) is 4. The van der Waals surface area contributed by atoms with Gasteiger partial charge in [0.15, 0.2) is 12.2 Å². The standard InChI is InChI=1S/C21H22N2O4/c1-22(2)20(26)18(24)19(25)21(27)23(3)17-12-8-7-11-16(17)14-13-15-9-5-4-6-10-15/h4-12,18-19,24-25H,1-3H3/t18-,19-/m1/s1. The first-order valence-electron chi connectivity index (χ1n) is 8.34. The van der Waals surface area contributed by atoms with E-state index in [2.05, 4.69) is 11.8 Å². The maximum absolute atomic E-state index is 12.5. The lowest BCUT2D eigenvalue weighted by atomic mass is 10.1. The van der Waals surface area contributed by atoms with E-state index in [1.54, 1.807) is 24.3 Å². The lowest BCUT2D eigenvalue weighted by Crippen LogP contribution is -2.49. The number of hydrogen-bond donors (Lipinski definition) is 2. The number of benzene rings is 2. The average Bonchev–Trinajstić information content (AvgIpc) is 2.70. The van der Waals surface area contributed by atoms with Gasteiger partial charge in [0.25, 0.3) is 11.8 Å². The summed E-state index contributed by atoms with van der Waals surface area (Å²) < 4.78 is 0. The Labute approximate surface area is 158 Å². The Hall–Kier alpha value is -3.14. The molecule has 0 bridgehead atoms. The summed E-state index contributed by atoms with van der Waals surface area (Å²) in [4.78, 5) is 26.6. The van der Waals surface area contributed by atoms with Crippen LogP contribution < -0.4 is 4.90 Å². The van der Waals surface area contributed by atoms with Gasteiger partial charge in [-0.2, -0.15) is 0 Å². The van der Waals surface area contributed by atoms with Crippen molar-refractivity contribution in [1.82, 2.24) is 4.90 Å². The van der Waals surface area contributed by atoms with Crippen LogP contribution in [-0.4, -0.2) is 60.3 Å². The predicted molar refractivity (Wildman–Crippen MR) is 103 cm³/mol. The molecule has 6 nitrogen and oxygen atoms in total. The van der Waals surface area contributed by atoms with Crippen LogP contribution in [0.2, 0.25) is 0 Å². The van der Waals surface area contributed by atoms with Gasteiger partial charge in [-0.05, 0) is 24.3 Å². The molecule has 0 radical (unpaired) electrons. The molecule has 140 valence electrons. The van der Waals surface area contributed by atoms with Crippen molar-refractivity contribution < 1.29 is 19.8 Å². The van der Waals surface area contributed by atoms with E-state index in [-0.39, 0.29) is 0 Å². The average molecular weight is 366 g/mol. The van der Waals surface area contributed by atoms with E-state index in [9.17, 15) is 19.8 Å². The number of likely N-dealkylation sites (N-methyl/N-ethyl adjacent to an activating group) is 2. The number of carbonyl (C=O) groups excluding carboxylic acids is 2. The minimum Gasteiger partial charge on any atom is -0.380 e. The van der Waals surface area contributed by atoms with Crippen molar-refractivity contribution in [1.29, 1.82) is 0 Å². The van der Waals surface area contributed by atoms with Crippen molar-refractivity contribution in [3.8, 4) is 11.8 Å². The second-order valence-corrected chi connectivity index (χ2v) is 6.15. The summed E-state index contributed by atoms with van der Waals surface area (Å²) >= 11 is 0. The molecule has 0 aliphatic carbocycles. The first-order valence-corrected chi connectivity index (χ1v) is 8.34. The zero-order chi connectivity index (χ0) is 20.0. The van der Waals surface area contributed by atoms with Gasteiger partial charge in [0, 0.05) is 32.3 Å². The monoisotopic (exact) mass is 366 g/mol. The van der Waals surface area contributed by atoms with Crippen LogP contribution in [0, 0.1) is 11.8 Å². The topological polar surface area (TPSA) is 81.1 Å². The molecule has 0 saturated carbocycles. The summed E-state index contributed by atoms with van der Waals surface area (Å²) in [5, 5.41) is 20.0. The Morgan fingerprint density at radius 1 is 0.815 bits per heavy atom. The van der Waals surface area contributed by atoms with Crippen LogP contribution in [0.3, 0.4) is 0 Å². The molecule has 6 heteroatoms. The van der Waals surface area contributed by atoms with Crippen molar-refractivity contribution in [3.63, 3.8) is 0 Å². The van der Waals surface area contributed by atoms with Gasteiger partial charge in [0.05, 0.1) is 5.69 Å². The normalized spacial score (nSPS) is 12.3. The number of aliphatic hydroxyl groups excluding tert-OH is 2. The summed E-state index contributed by atoms with van der Waals surface area (Å²) in [6.07, 6.45) is -3.71. The molecule has 0 saturated heterocycles. The van der Waals surface area contributed by atoms with Crippen molar-refractivity contribution in [2.45, 2.75) is 12.2 Å². The van der Waals surface area contributed by atoms with Crippen molar-refractivity contribution in [3.05, 3.63) is 65.7 Å². The first kappa shape index (κ1) is 20.2. The summed E-state index contributed by atoms with van der Waals surface area (Å²) in [5.41, 5.74) is 1.88. The Kier molecular flexibility index (Phi) is 6.72. The Bertz CT molecular complexity index is 868. The quantitative estimate of drug-likeness (QED) is 0.787. The Morgan fingerprint density at radius 2 is 1.37 bits per heavy atom. The molecule has 0 spiro atoms. The van der Waals surface area contributed by atoms with Crippen molar-refractivity contribution >= 4 is 17.5 Å². The van der Waals surface area contributed by atoms with E-state index < -0.39 is 24.0 Å². The van der Waals surface area contributed by atoms with Gasteiger partial charge in [0.2, 0.25) is 0 Å². The molecule has 0 fully saturated rings. The second kappa shape index (κ2) is 8.99. The predicted octanol–water partition coefficient (Wildman–Crippen LogP) is 0.859. The molecule has 0 unspecified atom stereocenters. The molecule has 0 heterocycles. The largest absolute Gasteiger partial charge is 0.380 e. The third-order valence-electron chi connectivity index (χ3n) is 3.96. The molecule has 2 rings (SSSR count). The van der Waals surface area contributed by atoms with Gasteiger partial charge in [-0.1, -0.05) is 42.2 Å². The fourth-order valence-electron chi connectivity index (χ4n) is 2.38. The lowest BCUT2D eigenvalue weighted by molar-refractivity contribution is -0.149. The van der Waals surface area contributed by atoms with Crippen LogP contribution in [0.5, 0.6) is 0 Å². The summed E-state index contributed by atoms with van der Waals surface area (Å²) in [6, 6.07) is 16.4. The third kappa shape index (κ3) is 4.94. The summed E-state index contributed by atoms with van der Waals surface area (Å²) in [6.45, 7) is 0. The maximum atomic E-state index is 12.5. The van der Waals surface area contributed by atoms with Crippen LogP contribution in [0.25, 0.3) is 0 Å². The molecule has 2 atom stereocenters. The maximum Gasteiger partial charge on any atom is 0.258 e. The van der Waals surface area contributed by atoms with Crippen molar-refractivity contribution in [2.24, 2.45) is 0 Å². The Balaban J connectivity index is 2.26. The Morgan fingerprint density at radius 3 is 2.00 bits per heavy atom. The van der Waals surface area contributed by atoms with Gasteiger partial charge in [-0.15, -0.1) is 0 Å². The number of amides is 2. The highest BCUT2D eigenvalue weighted by molar-refractivity contribution is 6.00. The van der Waals surface area contributed by atoms with Crippen LogP contribution in [-0.2, 0) is 9.59 Å². The SMILES string of the molecule is CN(C)C(=O)[C@H](O)[C@@H](O)C(=O)N(C)c1ccccc1C#Cc1ccccc1. The van der Waals surface area contributed by atoms with Crippen LogP contribution >= 0.6 is 0 Å². The smallest absolute Gasteiger partial charge is 0.258 e. The summed E-state index contributed by atoms with van der Waals surface area (Å²) in [5.74, 6) is 4.48. The number of para-hydroxylation sites is 1. The van der Waals surface area contributed by atoms with E-state index >= 15 is 0 Å². The molecular weight excluding hydrogens is 344 g/mol. The highest BCUT2D eigenvalue weighted by Gasteiger charge is 2.33. The van der Waals surface area contributed by atoms with Gasteiger partial charge in [-0.25, -0.2) is 0 Å². The minimum absolute atomic E-state index is 0.467. The highest BCUT2D eigenvalue weighted by atomic mass is 16.3. The second-order valence-electron chi connectivity index (χ2n) is 6.15. The zero-order valence-corrected chi connectivity index (χ0v) is 15.5. The third-order valence-corrected chi connectivity index (χ3v) is 3.96. The molecule has 27 heavy (non-hydrogen) atoms. The number of rotatable bonds is 4. The fourth-order valence-corrected chi connectivity index (χ4v) is 2.38. The van der Waals surface area contributed by atoms with Crippen molar-refractivity contribution in [2.75, 3.05) is 26.0 Å². The molecule has 2 amide bonds. The first-order chi connectivity index (χ1) is 12.8. The van der Waals surface area contributed by atoms with Crippen LogP contribution in [0.1, 0.15) is 11.1 Å². The number of nitrogens with zero attached hydrogens (tertiary/aromatic N) is 2. The number of aliphatic hydroxyl groups is 2. The molecule has 2 N–H and O–H groups in total. The summed E-state index contributed by atoms with van der Waals surface area (Å²) in [7, 11) is 4.32. The zero-order valence-electron chi connectivity index (χ0n) is 15.5. The fraction of sp³-hybridized carbons (Fsp3) is 0.238. The molecule has 0 aromatic heterocycles. The molecular formula is C21H22N2O4. The van der Waals surface area contributed by atoms with Gasteiger partial charge < -0.3 is 20.0 Å². The van der Waals surface area contributed by atoms with Crippen LogP contribution in [0.15, 0.2) is 54.6 Å². The minimum atomic E-state index is -1.87. The van der Waals surface area contributed by atoms with Crippen LogP contribution in [0.4, 0.5) is 5.69 Å². The van der Waals surface area contributed by atoms with E-state index in [0.29, 0.717) is 11.3 Å². The highest BCUT2D eigenvalue weighted by Crippen LogP contribution is 2.20. The molecule has 0 aliphatic heterocycles. The number of carbonyl (C=O) groups is 2. The molecule has 2 aromatic rings. The molecule has 2 aromatic carbocycles. The molecule has 0 aliphatic rings. The van der Waals surface area contributed by atoms with E-state index in [1.165, 1.54) is 26.0 Å².